The number of halogens is 1. The van der Waals surface area contributed by atoms with Crippen LogP contribution in [-0.4, -0.2) is 52.5 Å². The molecule has 0 aliphatic carbocycles. The third-order valence-electron chi connectivity index (χ3n) is 2.56. The molecule has 1 rings (SSSR count). The maximum absolute atomic E-state index is 12.4. The predicted octanol–water partition coefficient (Wildman–Crippen LogP) is -0.538. The molecule has 1 aliphatic heterocycles. The molecule has 0 radical (unpaired) electrons. The van der Waals surface area contributed by atoms with Crippen LogP contribution >= 0.6 is 0 Å². The van der Waals surface area contributed by atoms with Crippen LogP contribution < -0.4 is 0 Å². The Morgan fingerprint density at radius 3 is 2.14 bits per heavy atom. The zero-order chi connectivity index (χ0) is 10.9. The Balaban J connectivity index is 2.73. The SMILES string of the molecule is CC(C)C1OC(CF)[C@@H](O)C(O)C1O. The van der Waals surface area contributed by atoms with Gasteiger partial charge < -0.3 is 20.1 Å². The number of rotatable bonds is 2. The van der Waals surface area contributed by atoms with E-state index in [0.717, 1.165) is 0 Å². The minimum absolute atomic E-state index is 0.0406. The highest BCUT2D eigenvalue weighted by atomic mass is 19.1. The summed E-state index contributed by atoms with van der Waals surface area (Å²) in [6.45, 7) is 2.73. The molecule has 0 bridgehead atoms. The zero-order valence-electron chi connectivity index (χ0n) is 8.30. The number of hydrogen-bond acceptors (Lipinski definition) is 4. The van der Waals surface area contributed by atoms with Gasteiger partial charge in [0.1, 0.15) is 31.1 Å². The van der Waals surface area contributed by atoms with Crippen molar-refractivity contribution < 1.29 is 24.4 Å². The maximum Gasteiger partial charge on any atom is 0.118 e. The highest BCUT2D eigenvalue weighted by Gasteiger charge is 2.44. The third kappa shape index (κ3) is 2.06. The molecule has 0 saturated carbocycles. The van der Waals surface area contributed by atoms with Crippen LogP contribution in [0.3, 0.4) is 0 Å². The summed E-state index contributed by atoms with van der Waals surface area (Å²) >= 11 is 0. The molecule has 1 saturated heterocycles. The van der Waals surface area contributed by atoms with E-state index in [1.54, 1.807) is 13.8 Å². The van der Waals surface area contributed by atoms with Gasteiger partial charge in [0.2, 0.25) is 0 Å². The van der Waals surface area contributed by atoms with E-state index in [-0.39, 0.29) is 5.92 Å². The van der Waals surface area contributed by atoms with Crippen molar-refractivity contribution in [3.63, 3.8) is 0 Å². The molecule has 0 amide bonds. The van der Waals surface area contributed by atoms with Gasteiger partial charge in [0, 0.05) is 0 Å². The number of aliphatic hydroxyl groups is 3. The molecule has 0 aromatic carbocycles. The lowest BCUT2D eigenvalue weighted by Crippen LogP contribution is -2.59. The first-order chi connectivity index (χ1) is 6.49. The molecule has 3 N–H and O–H groups in total. The molecule has 1 heterocycles. The molecule has 0 aromatic rings. The van der Waals surface area contributed by atoms with E-state index in [0.29, 0.717) is 0 Å². The van der Waals surface area contributed by atoms with Gasteiger partial charge in [-0.15, -0.1) is 0 Å². The highest BCUT2D eigenvalue weighted by molar-refractivity contribution is 4.92. The van der Waals surface area contributed by atoms with Crippen LogP contribution in [-0.2, 0) is 4.74 Å². The first kappa shape index (κ1) is 11.8. The quantitative estimate of drug-likeness (QED) is 0.570. The Labute approximate surface area is 82.3 Å². The summed E-state index contributed by atoms with van der Waals surface area (Å²) in [4.78, 5) is 0. The largest absolute Gasteiger partial charge is 0.388 e. The molecule has 5 atom stereocenters. The van der Waals surface area contributed by atoms with Crippen molar-refractivity contribution in [2.24, 2.45) is 5.92 Å². The van der Waals surface area contributed by atoms with Gasteiger partial charge in [-0.2, -0.15) is 0 Å². The van der Waals surface area contributed by atoms with Crippen molar-refractivity contribution in [3.8, 4) is 0 Å². The number of aliphatic hydroxyl groups excluding tert-OH is 3. The molecule has 5 heteroatoms. The van der Waals surface area contributed by atoms with Crippen LogP contribution in [0, 0.1) is 5.92 Å². The van der Waals surface area contributed by atoms with Crippen molar-refractivity contribution in [2.45, 2.75) is 44.4 Å². The molecule has 14 heavy (non-hydrogen) atoms. The third-order valence-corrected chi connectivity index (χ3v) is 2.56. The van der Waals surface area contributed by atoms with E-state index < -0.39 is 37.2 Å². The molecular weight excluding hydrogens is 191 g/mol. The normalized spacial score (nSPS) is 44.4. The van der Waals surface area contributed by atoms with Crippen LogP contribution in [0.5, 0.6) is 0 Å². The monoisotopic (exact) mass is 208 g/mol. The van der Waals surface area contributed by atoms with Crippen LogP contribution in [0.2, 0.25) is 0 Å². The van der Waals surface area contributed by atoms with Gasteiger partial charge >= 0.3 is 0 Å². The summed E-state index contributed by atoms with van der Waals surface area (Å²) in [6, 6.07) is 0. The summed E-state index contributed by atoms with van der Waals surface area (Å²) < 4.78 is 17.5. The topological polar surface area (TPSA) is 69.9 Å². The molecule has 1 aliphatic rings. The van der Waals surface area contributed by atoms with E-state index in [1.807, 2.05) is 0 Å². The maximum atomic E-state index is 12.4. The Morgan fingerprint density at radius 1 is 1.14 bits per heavy atom. The summed E-state index contributed by atoms with van der Waals surface area (Å²) in [5, 5.41) is 28.3. The van der Waals surface area contributed by atoms with Crippen molar-refractivity contribution >= 4 is 0 Å². The van der Waals surface area contributed by atoms with Crippen LogP contribution in [0.1, 0.15) is 13.8 Å². The second kappa shape index (κ2) is 4.53. The molecule has 4 unspecified atom stereocenters. The van der Waals surface area contributed by atoms with Gasteiger partial charge in [-0.1, -0.05) is 13.8 Å². The Bertz CT molecular complexity index is 186. The molecule has 0 aromatic heterocycles. The van der Waals surface area contributed by atoms with Gasteiger partial charge in [0.15, 0.2) is 0 Å². The van der Waals surface area contributed by atoms with Crippen molar-refractivity contribution in [1.29, 1.82) is 0 Å². The first-order valence-electron chi connectivity index (χ1n) is 4.74. The fraction of sp³-hybridized carbons (Fsp3) is 1.00. The highest BCUT2D eigenvalue weighted by Crippen LogP contribution is 2.25. The molecule has 84 valence electrons. The average Bonchev–Trinajstić information content (AvgIpc) is 2.14. The van der Waals surface area contributed by atoms with Gasteiger partial charge in [0.05, 0.1) is 6.10 Å². The number of alkyl halides is 1. The molecule has 0 spiro atoms. The minimum atomic E-state index is -1.36. The molecule has 4 nitrogen and oxygen atoms in total. The molecule has 1 fully saturated rings. The van der Waals surface area contributed by atoms with Crippen molar-refractivity contribution in [2.75, 3.05) is 6.67 Å². The van der Waals surface area contributed by atoms with Gasteiger partial charge in [0.25, 0.3) is 0 Å². The van der Waals surface area contributed by atoms with E-state index in [9.17, 15) is 19.7 Å². The van der Waals surface area contributed by atoms with Crippen LogP contribution in [0.25, 0.3) is 0 Å². The van der Waals surface area contributed by atoms with Gasteiger partial charge in [-0.05, 0) is 5.92 Å². The van der Waals surface area contributed by atoms with E-state index in [4.69, 9.17) is 4.74 Å². The van der Waals surface area contributed by atoms with Gasteiger partial charge in [-0.3, -0.25) is 0 Å². The standard InChI is InChI=1S/C9H17FO4/c1-4(2)9-8(13)7(12)6(11)5(3-10)14-9/h4-9,11-13H,3H2,1-2H3/t5?,6-,7?,8?,9?/m1/s1. The van der Waals surface area contributed by atoms with Crippen LogP contribution in [0.4, 0.5) is 4.39 Å². The van der Waals surface area contributed by atoms with Crippen molar-refractivity contribution in [1.82, 2.24) is 0 Å². The average molecular weight is 208 g/mol. The zero-order valence-corrected chi connectivity index (χ0v) is 8.30. The van der Waals surface area contributed by atoms with Crippen LogP contribution in [0.15, 0.2) is 0 Å². The smallest absolute Gasteiger partial charge is 0.118 e. The summed E-state index contributed by atoms with van der Waals surface area (Å²) in [7, 11) is 0. The predicted molar refractivity (Wildman–Crippen MR) is 47.5 cm³/mol. The van der Waals surface area contributed by atoms with E-state index in [1.165, 1.54) is 0 Å². The summed E-state index contributed by atoms with van der Waals surface area (Å²) in [5.41, 5.74) is 0. The lowest BCUT2D eigenvalue weighted by molar-refractivity contribution is -0.234. The summed E-state index contributed by atoms with van der Waals surface area (Å²) in [6.07, 6.45) is -5.52. The van der Waals surface area contributed by atoms with E-state index in [2.05, 4.69) is 0 Å². The fourth-order valence-electron chi connectivity index (χ4n) is 1.66. The first-order valence-corrected chi connectivity index (χ1v) is 4.74. The number of ether oxygens (including phenoxy) is 1. The Kier molecular flexibility index (Phi) is 3.83. The minimum Gasteiger partial charge on any atom is -0.388 e. The second-order valence-electron chi connectivity index (χ2n) is 4.01. The lowest BCUT2D eigenvalue weighted by Gasteiger charge is -2.41. The van der Waals surface area contributed by atoms with E-state index >= 15 is 0 Å². The summed E-state index contributed by atoms with van der Waals surface area (Å²) in [5.74, 6) is -0.0406. The lowest BCUT2D eigenvalue weighted by atomic mass is 9.90. The van der Waals surface area contributed by atoms with Crippen molar-refractivity contribution in [3.05, 3.63) is 0 Å². The Morgan fingerprint density at radius 2 is 1.71 bits per heavy atom. The number of hydrogen-bond donors (Lipinski definition) is 3. The molecular formula is C9H17FO4. The van der Waals surface area contributed by atoms with Gasteiger partial charge in [-0.25, -0.2) is 4.39 Å². The Hall–Kier alpha value is -0.230. The fourth-order valence-corrected chi connectivity index (χ4v) is 1.66. The second-order valence-corrected chi connectivity index (χ2v) is 4.01.